The number of nitrogens with zero attached hydrogens (tertiary/aromatic N) is 4. The average molecular weight is 429 g/mol. The fourth-order valence-corrected chi connectivity index (χ4v) is 3.81. The van der Waals surface area contributed by atoms with E-state index in [1.807, 2.05) is 108 Å². The summed E-state index contributed by atoms with van der Waals surface area (Å²) in [5.74, 6) is 2.15. The van der Waals surface area contributed by atoms with Crippen LogP contribution in [0, 0.1) is 0 Å². The first kappa shape index (κ1) is 19.0. The van der Waals surface area contributed by atoms with Crippen LogP contribution in [0.3, 0.4) is 0 Å². The second kappa shape index (κ2) is 8.09. The molecule has 6 aromatic rings. The van der Waals surface area contributed by atoms with E-state index in [0.717, 1.165) is 44.7 Å². The fourth-order valence-electron chi connectivity index (χ4n) is 3.81. The lowest BCUT2D eigenvalue weighted by Gasteiger charge is -2.23. The molecule has 0 aliphatic heterocycles. The van der Waals surface area contributed by atoms with E-state index in [2.05, 4.69) is 21.2 Å². The smallest absolute Gasteiger partial charge is 0.235 e. The minimum atomic E-state index is 0.591. The first-order chi connectivity index (χ1) is 16.3. The van der Waals surface area contributed by atoms with Gasteiger partial charge in [-0.1, -0.05) is 36.4 Å². The van der Waals surface area contributed by atoms with Crippen LogP contribution in [0.1, 0.15) is 0 Å². The van der Waals surface area contributed by atoms with Gasteiger partial charge in [0.25, 0.3) is 0 Å². The van der Waals surface area contributed by atoms with Gasteiger partial charge >= 0.3 is 0 Å². The van der Waals surface area contributed by atoms with Crippen LogP contribution < -0.4 is 9.64 Å². The summed E-state index contributed by atoms with van der Waals surface area (Å²) in [5, 5.41) is 9.17. The van der Waals surface area contributed by atoms with Crippen LogP contribution in [0.15, 0.2) is 109 Å². The lowest BCUT2D eigenvalue weighted by atomic mass is 10.2. The number of ether oxygens (including phenoxy) is 1. The Balaban J connectivity index is 1.43. The molecule has 0 saturated carbocycles. The first-order valence-corrected chi connectivity index (χ1v) is 10.6. The van der Waals surface area contributed by atoms with Crippen molar-refractivity contribution in [2.24, 2.45) is 0 Å². The van der Waals surface area contributed by atoms with Gasteiger partial charge in [0.2, 0.25) is 5.95 Å². The van der Waals surface area contributed by atoms with E-state index in [0.29, 0.717) is 5.95 Å². The lowest BCUT2D eigenvalue weighted by molar-refractivity contribution is 0.483. The van der Waals surface area contributed by atoms with Crippen molar-refractivity contribution in [3.05, 3.63) is 109 Å². The molecule has 0 fully saturated rings. The van der Waals surface area contributed by atoms with Gasteiger partial charge < -0.3 is 4.74 Å². The Morgan fingerprint density at radius 2 is 1.42 bits per heavy atom. The highest BCUT2D eigenvalue weighted by Gasteiger charge is 2.17. The van der Waals surface area contributed by atoms with Crippen LogP contribution in [0.2, 0.25) is 0 Å². The van der Waals surface area contributed by atoms with Gasteiger partial charge in [0, 0.05) is 28.3 Å². The van der Waals surface area contributed by atoms with Crippen molar-refractivity contribution in [3.63, 3.8) is 0 Å². The minimum absolute atomic E-state index is 0.591. The third-order valence-electron chi connectivity index (χ3n) is 5.43. The molecule has 6 heteroatoms. The van der Waals surface area contributed by atoms with Crippen molar-refractivity contribution >= 4 is 39.1 Å². The zero-order valence-electron chi connectivity index (χ0n) is 17.6. The maximum Gasteiger partial charge on any atom is 0.235 e. The van der Waals surface area contributed by atoms with E-state index in [1.165, 1.54) is 0 Å². The molecule has 1 N–H and O–H groups in total. The molecule has 0 atom stereocenters. The van der Waals surface area contributed by atoms with Gasteiger partial charge in [0.15, 0.2) is 0 Å². The normalized spacial score (nSPS) is 11.0. The lowest BCUT2D eigenvalue weighted by Crippen LogP contribution is -2.13. The first-order valence-electron chi connectivity index (χ1n) is 10.6. The number of para-hydroxylation sites is 2. The predicted molar refractivity (Wildman–Crippen MR) is 130 cm³/mol. The standard InChI is InChI=1S/C27H19N5O/c1-2-7-23(8-3-1)33-24-13-10-21(11-14-24)32(22-12-15-26-20(16-22)18-29-31-26)27-28-17-19-6-4-5-9-25(19)30-27/h1-18H,(H,29,31). The molecule has 158 valence electrons. The second-order valence-corrected chi connectivity index (χ2v) is 7.61. The van der Waals surface area contributed by atoms with Crippen LogP contribution in [0.5, 0.6) is 11.5 Å². The van der Waals surface area contributed by atoms with E-state index in [1.54, 1.807) is 0 Å². The molecule has 2 heterocycles. The number of rotatable bonds is 5. The number of aromatic nitrogens is 4. The summed E-state index contributed by atoms with van der Waals surface area (Å²) in [6.45, 7) is 0. The Labute approximate surface area is 190 Å². The number of benzene rings is 4. The van der Waals surface area contributed by atoms with E-state index in [4.69, 9.17) is 9.72 Å². The number of H-pyrrole nitrogens is 1. The van der Waals surface area contributed by atoms with E-state index < -0.39 is 0 Å². The highest BCUT2D eigenvalue weighted by atomic mass is 16.5. The van der Waals surface area contributed by atoms with E-state index in [9.17, 15) is 0 Å². The maximum absolute atomic E-state index is 5.97. The molecule has 0 aliphatic rings. The molecule has 6 nitrogen and oxygen atoms in total. The quantitative estimate of drug-likeness (QED) is 0.328. The highest BCUT2D eigenvalue weighted by molar-refractivity contribution is 5.87. The van der Waals surface area contributed by atoms with Gasteiger partial charge in [-0.3, -0.25) is 10.00 Å². The Kier molecular flexibility index (Phi) is 4.66. The molecule has 0 saturated heterocycles. The molecule has 0 radical (unpaired) electrons. The monoisotopic (exact) mass is 429 g/mol. The van der Waals surface area contributed by atoms with Crippen molar-refractivity contribution in [1.82, 2.24) is 20.2 Å². The number of hydrogen-bond acceptors (Lipinski definition) is 5. The van der Waals surface area contributed by atoms with Gasteiger partial charge in [-0.2, -0.15) is 5.10 Å². The molecule has 0 aliphatic carbocycles. The summed E-state index contributed by atoms with van der Waals surface area (Å²) in [5.41, 5.74) is 3.73. The van der Waals surface area contributed by atoms with Crippen molar-refractivity contribution < 1.29 is 4.74 Å². The van der Waals surface area contributed by atoms with Crippen LogP contribution in [-0.4, -0.2) is 20.2 Å². The molecule has 2 aromatic heterocycles. The number of anilines is 3. The maximum atomic E-state index is 5.97. The minimum Gasteiger partial charge on any atom is -0.457 e. The summed E-state index contributed by atoms with van der Waals surface area (Å²) in [6.07, 6.45) is 3.67. The Morgan fingerprint density at radius 3 is 2.30 bits per heavy atom. The molecular formula is C27H19N5O. The Hall–Kier alpha value is -4.71. The summed E-state index contributed by atoms with van der Waals surface area (Å²) >= 11 is 0. The fraction of sp³-hybridized carbons (Fsp3) is 0. The molecular weight excluding hydrogens is 410 g/mol. The Morgan fingerprint density at radius 1 is 0.667 bits per heavy atom. The number of aromatic amines is 1. The molecule has 0 amide bonds. The SMILES string of the molecule is c1ccc(Oc2ccc(N(c3ccc4[nH]ncc4c3)c3ncc4ccccc4n3)cc2)cc1. The highest BCUT2D eigenvalue weighted by Crippen LogP contribution is 2.35. The van der Waals surface area contributed by atoms with Crippen LogP contribution in [-0.2, 0) is 0 Å². The van der Waals surface area contributed by atoms with Crippen molar-refractivity contribution in [3.8, 4) is 11.5 Å². The number of fused-ring (bicyclic) bond motifs is 2. The zero-order valence-corrected chi connectivity index (χ0v) is 17.6. The summed E-state index contributed by atoms with van der Waals surface area (Å²) in [6, 6.07) is 31.8. The van der Waals surface area contributed by atoms with Crippen molar-refractivity contribution in [2.45, 2.75) is 0 Å². The Bertz CT molecular complexity index is 1540. The van der Waals surface area contributed by atoms with E-state index >= 15 is 0 Å². The predicted octanol–water partition coefficient (Wildman–Crippen LogP) is 6.77. The zero-order chi connectivity index (χ0) is 22.0. The van der Waals surface area contributed by atoms with Crippen LogP contribution in [0.25, 0.3) is 21.8 Å². The summed E-state index contributed by atoms with van der Waals surface area (Å²) in [4.78, 5) is 11.6. The molecule has 6 rings (SSSR count). The topological polar surface area (TPSA) is 66.9 Å². The number of nitrogens with one attached hydrogen (secondary N) is 1. The second-order valence-electron chi connectivity index (χ2n) is 7.61. The van der Waals surface area contributed by atoms with Gasteiger partial charge in [0.1, 0.15) is 11.5 Å². The molecule has 33 heavy (non-hydrogen) atoms. The average Bonchev–Trinajstić information content (AvgIpc) is 3.34. The van der Waals surface area contributed by atoms with Gasteiger partial charge in [-0.15, -0.1) is 0 Å². The van der Waals surface area contributed by atoms with Crippen LogP contribution in [0.4, 0.5) is 17.3 Å². The van der Waals surface area contributed by atoms with Gasteiger partial charge in [0.05, 0.1) is 17.2 Å². The van der Waals surface area contributed by atoms with Gasteiger partial charge in [-0.05, 0) is 60.7 Å². The molecule has 0 bridgehead atoms. The van der Waals surface area contributed by atoms with Crippen molar-refractivity contribution in [2.75, 3.05) is 4.90 Å². The summed E-state index contributed by atoms with van der Waals surface area (Å²) < 4.78 is 5.97. The van der Waals surface area contributed by atoms with Crippen LogP contribution >= 0.6 is 0 Å². The third kappa shape index (κ3) is 3.74. The van der Waals surface area contributed by atoms with Gasteiger partial charge in [-0.25, -0.2) is 9.97 Å². The molecule has 0 spiro atoms. The largest absolute Gasteiger partial charge is 0.457 e. The van der Waals surface area contributed by atoms with E-state index in [-0.39, 0.29) is 0 Å². The molecule has 4 aromatic carbocycles. The molecule has 0 unspecified atom stereocenters. The van der Waals surface area contributed by atoms with Crippen molar-refractivity contribution in [1.29, 1.82) is 0 Å². The summed E-state index contributed by atoms with van der Waals surface area (Å²) in [7, 11) is 0. The number of hydrogen-bond donors (Lipinski definition) is 1. The third-order valence-corrected chi connectivity index (χ3v) is 5.43.